The van der Waals surface area contributed by atoms with Gasteiger partial charge in [0.15, 0.2) is 5.69 Å². The highest BCUT2D eigenvalue weighted by Gasteiger charge is 2.12. The van der Waals surface area contributed by atoms with Gasteiger partial charge in [0.25, 0.3) is 0 Å². The van der Waals surface area contributed by atoms with Crippen LogP contribution in [0.3, 0.4) is 0 Å². The fourth-order valence-corrected chi connectivity index (χ4v) is 1.51. The summed E-state index contributed by atoms with van der Waals surface area (Å²) in [6, 6.07) is 3.14. The monoisotopic (exact) mass is 267 g/mol. The summed E-state index contributed by atoms with van der Waals surface area (Å²) in [5.74, 6) is -1.69. The fourth-order valence-electron chi connectivity index (χ4n) is 1.51. The lowest BCUT2D eigenvalue weighted by Crippen LogP contribution is -2.05. The molecule has 0 spiro atoms. The van der Waals surface area contributed by atoms with Gasteiger partial charge in [-0.25, -0.2) is 18.3 Å². The van der Waals surface area contributed by atoms with E-state index in [1.54, 1.807) is 6.92 Å². The van der Waals surface area contributed by atoms with Gasteiger partial charge in [-0.1, -0.05) is 5.21 Å². The maximum absolute atomic E-state index is 13.4. The first-order valence-electron chi connectivity index (χ1n) is 5.61. The third-order valence-electron chi connectivity index (χ3n) is 2.36. The van der Waals surface area contributed by atoms with Crippen molar-refractivity contribution in [2.75, 3.05) is 6.61 Å². The van der Waals surface area contributed by atoms with Gasteiger partial charge in [-0.3, -0.25) is 0 Å². The zero-order valence-electron chi connectivity index (χ0n) is 10.1. The molecule has 0 bridgehead atoms. The van der Waals surface area contributed by atoms with Gasteiger partial charge in [-0.05, 0) is 25.1 Å². The molecular formula is C12H11F2N3O2. The Morgan fingerprint density at radius 3 is 2.95 bits per heavy atom. The van der Waals surface area contributed by atoms with E-state index in [9.17, 15) is 13.6 Å². The molecular weight excluding hydrogens is 256 g/mol. The molecule has 7 heteroatoms. The molecule has 0 amide bonds. The van der Waals surface area contributed by atoms with Gasteiger partial charge < -0.3 is 4.74 Å². The van der Waals surface area contributed by atoms with E-state index in [0.717, 1.165) is 18.2 Å². The van der Waals surface area contributed by atoms with Gasteiger partial charge in [0.05, 0.1) is 19.3 Å². The number of aromatic nitrogens is 3. The van der Waals surface area contributed by atoms with Crippen LogP contribution in [0.2, 0.25) is 0 Å². The molecule has 0 saturated heterocycles. The van der Waals surface area contributed by atoms with Crippen LogP contribution in [0, 0.1) is 11.6 Å². The predicted octanol–water partition coefficient (Wildman–Crippen LogP) is 1.78. The maximum Gasteiger partial charge on any atom is 0.360 e. The lowest BCUT2D eigenvalue weighted by atomic mass is 10.2. The molecule has 2 rings (SSSR count). The van der Waals surface area contributed by atoms with Crippen molar-refractivity contribution in [3.8, 4) is 0 Å². The number of ether oxygens (including phenoxy) is 1. The molecule has 1 aromatic carbocycles. The van der Waals surface area contributed by atoms with E-state index in [2.05, 4.69) is 10.3 Å². The van der Waals surface area contributed by atoms with E-state index in [0.29, 0.717) is 0 Å². The second-order valence-corrected chi connectivity index (χ2v) is 3.76. The van der Waals surface area contributed by atoms with Crippen LogP contribution in [0.15, 0.2) is 24.4 Å². The predicted molar refractivity (Wildman–Crippen MR) is 61.4 cm³/mol. The average Bonchev–Trinajstić information content (AvgIpc) is 2.83. The Morgan fingerprint density at radius 1 is 1.42 bits per heavy atom. The number of rotatable bonds is 4. The molecule has 0 aliphatic heterocycles. The summed E-state index contributed by atoms with van der Waals surface area (Å²) in [7, 11) is 0. The summed E-state index contributed by atoms with van der Waals surface area (Å²) in [6.07, 6.45) is 1.32. The highest BCUT2D eigenvalue weighted by Crippen LogP contribution is 2.11. The third kappa shape index (κ3) is 3.12. The van der Waals surface area contributed by atoms with Gasteiger partial charge in [0, 0.05) is 5.56 Å². The van der Waals surface area contributed by atoms with Crippen molar-refractivity contribution in [1.82, 2.24) is 15.0 Å². The molecule has 0 aliphatic carbocycles. The Morgan fingerprint density at radius 2 is 2.21 bits per heavy atom. The van der Waals surface area contributed by atoms with Crippen LogP contribution in [0.4, 0.5) is 8.78 Å². The molecule has 1 aromatic heterocycles. The summed E-state index contributed by atoms with van der Waals surface area (Å²) >= 11 is 0. The first-order valence-corrected chi connectivity index (χ1v) is 5.61. The molecule has 0 aliphatic rings. The van der Waals surface area contributed by atoms with Crippen LogP contribution in [-0.2, 0) is 11.3 Å². The van der Waals surface area contributed by atoms with E-state index in [1.165, 1.54) is 10.9 Å². The highest BCUT2D eigenvalue weighted by atomic mass is 19.1. The zero-order chi connectivity index (χ0) is 13.8. The highest BCUT2D eigenvalue weighted by molar-refractivity contribution is 5.86. The molecule has 0 N–H and O–H groups in total. The van der Waals surface area contributed by atoms with Crippen molar-refractivity contribution in [2.24, 2.45) is 0 Å². The molecule has 1 heterocycles. The van der Waals surface area contributed by atoms with E-state index >= 15 is 0 Å². The van der Waals surface area contributed by atoms with E-state index in [1.807, 2.05) is 0 Å². The second kappa shape index (κ2) is 5.55. The van der Waals surface area contributed by atoms with Crippen molar-refractivity contribution in [3.63, 3.8) is 0 Å². The fraction of sp³-hybridized carbons (Fsp3) is 0.250. The smallest absolute Gasteiger partial charge is 0.360 e. The summed E-state index contributed by atoms with van der Waals surface area (Å²) in [5.41, 5.74) is 0.152. The first-order chi connectivity index (χ1) is 9.10. The average molecular weight is 267 g/mol. The van der Waals surface area contributed by atoms with Crippen LogP contribution < -0.4 is 0 Å². The summed E-state index contributed by atoms with van der Waals surface area (Å²) in [4.78, 5) is 11.4. The summed E-state index contributed by atoms with van der Waals surface area (Å²) < 4.78 is 32.4. The van der Waals surface area contributed by atoms with Crippen molar-refractivity contribution >= 4 is 5.97 Å². The maximum atomic E-state index is 13.4. The minimum atomic E-state index is -0.603. The number of halogens is 2. The third-order valence-corrected chi connectivity index (χ3v) is 2.36. The van der Waals surface area contributed by atoms with Crippen LogP contribution in [0.5, 0.6) is 0 Å². The van der Waals surface area contributed by atoms with Crippen LogP contribution >= 0.6 is 0 Å². The van der Waals surface area contributed by atoms with Crippen molar-refractivity contribution in [3.05, 3.63) is 47.3 Å². The van der Waals surface area contributed by atoms with Gasteiger partial charge in [0.1, 0.15) is 11.6 Å². The quantitative estimate of drug-likeness (QED) is 0.792. The Hall–Kier alpha value is -2.31. The van der Waals surface area contributed by atoms with E-state index in [4.69, 9.17) is 4.74 Å². The first kappa shape index (κ1) is 13.1. The molecule has 0 atom stereocenters. The lowest BCUT2D eigenvalue weighted by molar-refractivity contribution is 0.0519. The summed E-state index contributed by atoms with van der Waals surface area (Å²) in [6.45, 7) is 1.88. The minimum absolute atomic E-state index is 0.0179. The number of hydrogen-bond donors (Lipinski definition) is 0. The lowest BCUT2D eigenvalue weighted by Gasteiger charge is -2.02. The SMILES string of the molecule is CCOC(=O)c1cn(Cc2cc(F)ccc2F)nn1. The minimum Gasteiger partial charge on any atom is -0.461 e. The number of nitrogens with zero attached hydrogens (tertiary/aromatic N) is 3. The van der Waals surface area contributed by atoms with Crippen molar-refractivity contribution in [2.45, 2.75) is 13.5 Å². The zero-order valence-corrected chi connectivity index (χ0v) is 10.1. The molecule has 0 fully saturated rings. The Bertz CT molecular complexity index is 598. The molecule has 19 heavy (non-hydrogen) atoms. The standard InChI is InChI=1S/C12H11F2N3O2/c1-2-19-12(18)11-7-17(16-15-11)6-8-5-9(13)3-4-10(8)14/h3-5,7H,2,6H2,1H3. The number of carbonyl (C=O) groups is 1. The van der Waals surface area contributed by atoms with E-state index < -0.39 is 17.6 Å². The molecule has 100 valence electrons. The number of hydrogen-bond acceptors (Lipinski definition) is 4. The van der Waals surface area contributed by atoms with Gasteiger partial charge >= 0.3 is 5.97 Å². The Kier molecular flexibility index (Phi) is 3.84. The second-order valence-electron chi connectivity index (χ2n) is 3.76. The van der Waals surface area contributed by atoms with Crippen LogP contribution in [-0.4, -0.2) is 27.6 Å². The molecule has 5 nitrogen and oxygen atoms in total. The topological polar surface area (TPSA) is 57.0 Å². The molecule has 0 radical (unpaired) electrons. The van der Waals surface area contributed by atoms with Crippen molar-refractivity contribution in [1.29, 1.82) is 0 Å². The molecule has 2 aromatic rings. The Labute approximate surface area is 107 Å². The Balaban J connectivity index is 2.15. The van der Waals surface area contributed by atoms with Crippen LogP contribution in [0.25, 0.3) is 0 Å². The van der Waals surface area contributed by atoms with E-state index in [-0.39, 0.29) is 24.4 Å². The molecule has 0 saturated carbocycles. The van der Waals surface area contributed by atoms with Gasteiger partial charge in [-0.2, -0.15) is 0 Å². The number of benzene rings is 1. The van der Waals surface area contributed by atoms with Gasteiger partial charge in [0.2, 0.25) is 0 Å². The van der Waals surface area contributed by atoms with Gasteiger partial charge in [-0.15, -0.1) is 5.10 Å². The largest absolute Gasteiger partial charge is 0.461 e. The van der Waals surface area contributed by atoms with Crippen LogP contribution in [0.1, 0.15) is 23.0 Å². The van der Waals surface area contributed by atoms with Crippen molar-refractivity contribution < 1.29 is 18.3 Å². The normalized spacial score (nSPS) is 10.5. The number of carbonyl (C=O) groups excluding carboxylic acids is 1. The number of esters is 1. The summed E-state index contributed by atoms with van der Waals surface area (Å²) in [5, 5.41) is 7.27. The molecule has 0 unspecified atom stereocenters.